The first-order valence-corrected chi connectivity index (χ1v) is 5.80. The second-order valence-electron chi connectivity index (χ2n) is 4.30. The van der Waals surface area contributed by atoms with Gasteiger partial charge in [-0.3, -0.25) is 4.79 Å². The van der Waals surface area contributed by atoms with Gasteiger partial charge in [-0.05, 0) is 31.0 Å². The molecule has 1 amide bonds. The minimum Gasteiger partial charge on any atom is -0.384 e. The van der Waals surface area contributed by atoms with E-state index in [0.29, 0.717) is 11.6 Å². The van der Waals surface area contributed by atoms with Crippen molar-refractivity contribution in [3.05, 3.63) is 35.1 Å². The summed E-state index contributed by atoms with van der Waals surface area (Å²) in [5.41, 5.74) is 0.520. The van der Waals surface area contributed by atoms with Gasteiger partial charge in [-0.2, -0.15) is 0 Å². The summed E-state index contributed by atoms with van der Waals surface area (Å²) in [7, 11) is 1.73. The summed E-state index contributed by atoms with van der Waals surface area (Å²) in [6, 6.07) is 4.52. The number of aliphatic hydroxyl groups excluding tert-OH is 1. The largest absolute Gasteiger partial charge is 0.384 e. The predicted octanol–water partition coefficient (Wildman–Crippen LogP) is 1.40. The fraction of sp³-hybridized carbons (Fsp3) is 0.357. The Balaban J connectivity index is 2.19. The van der Waals surface area contributed by atoms with E-state index in [2.05, 4.69) is 11.8 Å². The molecule has 0 aliphatic heterocycles. The molecule has 1 saturated carbocycles. The van der Waals surface area contributed by atoms with E-state index in [-0.39, 0.29) is 18.1 Å². The zero-order chi connectivity index (χ0) is 13.1. The third-order valence-electron chi connectivity index (χ3n) is 2.93. The lowest BCUT2D eigenvalue weighted by molar-refractivity contribution is 0.0784. The maximum absolute atomic E-state index is 13.7. The third kappa shape index (κ3) is 2.69. The van der Waals surface area contributed by atoms with Crippen LogP contribution >= 0.6 is 0 Å². The minimum atomic E-state index is -0.536. The summed E-state index contributed by atoms with van der Waals surface area (Å²) in [5.74, 6) is 4.16. The van der Waals surface area contributed by atoms with E-state index in [4.69, 9.17) is 5.11 Å². The Bertz CT molecular complexity index is 526. The van der Waals surface area contributed by atoms with Gasteiger partial charge in [0, 0.05) is 18.7 Å². The molecule has 0 aromatic heterocycles. The van der Waals surface area contributed by atoms with E-state index in [1.807, 2.05) is 0 Å². The van der Waals surface area contributed by atoms with Crippen molar-refractivity contribution in [3.8, 4) is 11.8 Å². The second kappa shape index (κ2) is 5.19. The van der Waals surface area contributed by atoms with Crippen LogP contribution in [-0.2, 0) is 0 Å². The molecule has 18 heavy (non-hydrogen) atoms. The van der Waals surface area contributed by atoms with Crippen molar-refractivity contribution in [1.82, 2.24) is 4.90 Å². The Morgan fingerprint density at radius 2 is 2.28 bits per heavy atom. The van der Waals surface area contributed by atoms with Crippen LogP contribution < -0.4 is 0 Å². The zero-order valence-electron chi connectivity index (χ0n) is 10.1. The van der Waals surface area contributed by atoms with E-state index in [0.717, 1.165) is 12.8 Å². The highest BCUT2D eigenvalue weighted by molar-refractivity contribution is 5.94. The minimum absolute atomic E-state index is 0.168. The topological polar surface area (TPSA) is 40.5 Å². The normalized spacial score (nSPS) is 13.7. The first-order valence-electron chi connectivity index (χ1n) is 5.80. The molecule has 1 aliphatic rings. The first-order chi connectivity index (χ1) is 8.63. The van der Waals surface area contributed by atoms with Crippen LogP contribution in [0.4, 0.5) is 4.39 Å². The van der Waals surface area contributed by atoms with Crippen molar-refractivity contribution >= 4 is 5.91 Å². The molecule has 1 N–H and O–H groups in total. The standard InChI is InChI=1S/C14H14FNO2/c1-16(12-6-7-12)14(18)11-5-4-10(3-2-8-17)13(15)9-11/h4-5,9,12,17H,6-8H2,1H3. The van der Waals surface area contributed by atoms with E-state index >= 15 is 0 Å². The molecule has 0 spiro atoms. The Morgan fingerprint density at radius 1 is 1.56 bits per heavy atom. The van der Waals surface area contributed by atoms with Gasteiger partial charge in [0.1, 0.15) is 12.4 Å². The Kier molecular flexibility index (Phi) is 3.63. The van der Waals surface area contributed by atoms with Gasteiger partial charge < -0.3 is 10.0 Å². The highest BCUT2D eigenvalue weighted by Crippen LogP contribution is 2.26. The molecule has 1 aliphatic carbocycles. The van der Waals surface area contributed by atoms with Crippen LogP contribution in [0.3, 0.4) is 0 Å². The maximum atomic E-state index is 13.7. The average Bonchev–Trinajstić information content (AvgIpc) is 3.19. The summed E-state index contributed by atoms with van der Waals surface area (Å²) in [5, 5.41) is 8.55. The predicted molar refractivity (Wildman–Crippen MR) is 65.5 cm³/mol. The lowest BCUT2D eigenvalue weighted by Gasteiger charge is -2.16. The fourth-order valence-corrected chi connectivity index (χ4v) is 1.72. The Morgan fingerprint density at radius 3 is 2.83 bits per heavy atom. The highest BCUT2D eigenvalue weighted by atomic mass is 19.1. The molecular weight excluding hydrogens is 233 g/mol. The summed E-state index contributed by atoms with van der Waals surface area (Å²) in [4.78, 5) is 13.6. The van der Waals surface area contributed by atoms with Crippen molar-refractivity contribution < 1.29 is 14.3 Å². The highest BCUT2D eigenvalue weighted by Gasteiger charge is 2.30. The number of hydrogen-bond acceptors (Lipinski definition) is 2. The number of aliphatic hydroxyl groups is 1. The number of carbonyl (C=O) groups excluding carboxylic acids is 1. The molecule has 1 aromatic rings. The number of hydrogen-bond donors (Lipinski definition) is 1. The molecule has 2 rings (SSSR count). The smallest absolute Gasteiger partial charge is 0.253 e. The number of nitrogens with zero attached hydrogens (tertiary/aromatic N) is 1. The van der Waals surface area contributed by atoms with Crippen LogP contribution in [-0.4, -0.2) is 35.6 Å². The van der Waals surface area contributed by atoms with Crippen LogP contribution in [0.2, 0.25) is 0 Å². The number of rotatable bonds is 2. The van der Waals surface area contributed by atoms with E-state index in [9.17, 15) is 9.18 Å². The van der Waals surface area contributed by atoms with Gasteiger partial charge in [0.25, 0.3) is 5.91 Å². The van der Waals surface area contributed by atoms with Gasteiger partial charge in [-0.1, -0.05) is 11.8 Å². The molecule has 3 nitrogen and oxygen atoms in total. The molecule has 0 saturated heterocycles. The third-order valence-corrected chi connectivity index (χ3v) is 2.93. The van der Waals surface area contributed by atoms with Crippen LogP contribution in [0.25, 0.3) is 0 Å². The van der Waals surface area contributed by atoms with E-state index in [1.54, 1.807) is 18.0 Å². The van der Waals surface area contributed by atoms with Gasteiger partial charge >= 0.3 is 0 Å². The zero-order valence-corrected chi connectivity index (χ0v) is 10.1. The monoisotopic (exact) mass is 247 g/mol. The summed E-state index contributed by atoms with van der Waals surface area (Å²) >= 11 is 0. The lowest BCUT2D eigenvalue weighted by Crippen LogP contribution is -2.28. The molecule has 0 bridgehead atoms. The molecule has 0 radical (unpaired) electrons. The molecule has 1 aromatic carbocycles. The van der Waals surface area contributed by atoms with Gasteiger partial charge in [0.2, 0.25) is 0 Å². The quantitative estimate of drug-likeness (QED) is 0.803. The molecule has 0 atom stereocenters. The van der Waals surface area contributed by atoms with Gasteiger partial charge in [-0.25, -0.2) is 4.39 Å². The summed E-state index contributed by atoms with van der Waals surface area (Å²) < 4.78 is 13.7. The second-order valence-corrected chi connectivity index (χ2v) is 4.30. The van der Waals surface area contributed by atoms with Crippen molar-refractivity contribution in [3.63, 3.8) is 0 Å². The number of halogens is 1. The van der Waals surface area contributed by atoms with Crippen molar-refractivity contribution in [2.45, 2.75) is 18.9 Å². The van der Waals surface area contributed by atoms with Crippen molar-refractivity contribution in [2.75, 3.05) is 13.7 Å². The van der Waals surface area contributed by atoms with E-state index in [1.165, 1.54) is 12.1 Å². The molecule has 94 valence electrons. The van der Waals surface area contributed by atoms with Crippen molar-refractivity contribution in [1.29, 1.82) is 0 Å². The fourth-order valence-electron chi connectivity index (χ4n) is 1.72. The van der Waals surface area contributed by atoms with Crippen LogP contribution in [0.15, 0.2) is 18.2 Å². The van der Waals surface area contributed by atoms with Crippen LogP contribution in [0.5, 0.6) is 0 Å². The number of benzene rings is 1. The maximum Gasteiger partial charge on any atom is 0.253 e. The summed E-state index contributed by atoms with van der Waals surface area (Å²) in [6.45, 7) is -0.315. The van der Waals surface area contributed by atoms with Gasteiger partial charge in [0.05, 0.1) is 5.56 Å². The summed E-state index contributed by atoms with van der Waals surface area (Å²) in [6.07, 6.45) is 2.04. The van der Waals surface area contributed by atoms with Crippen LogP contribution in [0.1, 0.15) is 28.8 Å². The molecule has 4 heteroatoms. The Labute approximate surface area is 105 Å². The SMILES string of the molecule is CN(C(=O)c1ccc(C#CCO)c(F)c1)C1CC1. The number of carbonyl (C=O) groups is 1. The van der Waals surface area contributed by atoms with Crippen molar-refractivity contribution in [2.24, 2.45) is 0 Å². The lowest BCUT2D eigenvalue weighted by atomic mass is 10.1. The van der Waals surface area contributed by atoms with Crippen LogP contribution in [0, 0.1) is 17.7 Å². The average molecular weight is 247 g/mol. The van der Waals surface area contributed by atoms with Gasteiger partial charge in [0.15, 0.2) is 0 Å². The number of amides is 1. The molecule has 0 unspecified atom stereocenters. The Hall–Kier alpha value is -1.86. The molecule has 1 fully saturated rings. The van der Waals surface area contributed by atoms with E-state index < -0.39 is 5.82 Å². The van der Waals surface area contributed by atoms with Gasteiger partial charge in [-0.15, -0.1) is 0 Å². The molecular formula is C14H14FNO2. The molecule has 0 heterocycles. The first kappa shape index (κ1) is 12.6.